The molecule has 2 aliphatic rings. The van der Waals surface area contributed by atoms with Gasteiger partial charge in [-0.15, -0.1) is 5.06 Å². The Morgan fingerprint density at radius 1 is 1.03 bits per heavy atom. The maximum atomic E-state index is 12.4. The Hall–Kier alpha value is -4.07. The first-order valence-electron chi connectivity index (χ1n) is 11.0. The molecule has 0 aromatic heterocycles. The second kappa shape index (κ2) is 9.82. The van der Waals surface area contributed by atoms with Crippen molar-refractivity contribution >= 4 is 23.7 Å². The van der Waals surface area contributed by atoms with E-state index in [1.54, 1.807) is 44.4 Å². The fraction of sp³-hybridized carbons (Fsp3) is 0.269. The minimum absolute atomic E-state index is 0.0637. The zero-order valence-corrected chi connectivity index (χ0v) is 19.7. The number of benzene rings is 2. The van der Waals surface area contributed by atoms with Gasteiger partial charge in [-0.05, 0) is 67.8 Å². The van der Waals surface area contributed by atoms with Crippen LogP contribution in [-0.2, 0) is 9.63 Å². The van der Waals surface area contributed by atoms with Gasteiger partial charge in [0.25, 0.3) is 5.91 Å². The number of aryl methyl sites for hydroxylation is 2. The van der Waals surface area contributed by atoms with Gasteiger partial charge >= 0.3 is 0 Å². The van der Waals surface area contributed by atoms with Crippen LogP contribution in [0.3, 0.4) is 0 Å². The fourth-order valence-corrected chi connectivity index (χ4v) is 3.71. The van der Waals surface area contributed by atoms with Gasteiger partial charge in [0, 0.05) is 12.5 Å². The quantitative estimate of drug-likeness (QED) is 0.456. The molecule has 0 saturated heterocycles. The first-order chi connectivity index (χ1) is 16.3. The summed E-state index contributed by atoms with van der Waals surface area (Å²) >= 11 is 0. The second-order valence-corrected chi connectivity index (χ2v) is 8.11. The predicted octanol–water partition coefficient (Wildman–Crippen LogP) is 4.61. The molecule has 2 aromatic carbocycles. The third kappa shape index (κ3) is 5.11. The van der Waals surface area contributed by atoms with Crippen LogP contribution in [0.5, 0.6) is 17.2 Å². The maximum absolute atomic E-state index is 12.4. The van der Waals surface area contributed by atoms with Crippen molar-refractivity contribution < 1.29 is 23.8 Å². The first-order valence-corrected chi connectivity index (χ1v) is 11.0. The van der Waals surface area contributed by atoms with Crippen molar-refractivity contribution in [1.82, 2.24) is 5.06 Å². The number of nitrogens with one attached hydrogen (secondary N) is 1. The lowest BCUT2D eigenvalue weighted by Gasteiger charge is -2.23. The van der Waals surface area contributed by atoms with Crippen molar-refractivity contribution in [3.63, 3.8) is 0 Å². The monoisotopic (exact) mass is 461 g/mol. The van der Waals surface area contributed by atoms with Crippen LogP contribution in [0, 0.1) is 19.3 Å². The van der Waals surface area contributed by atoms with E-state index >= 15 is 0 Å². The Balaban J connectivity index is 1.37. The summed E-state index contributed by atoms with van der Waals surface area (Å²) in [5.41, 5.74) is 3.15. The van der Waals surface area contributed by atoms with Crippen molar-refractivity contribution in [1.29, 1.82) is 5.41 Å². The number of carbonyl (C=O) groups excluding carboxylic acids is 1. The van der Waals surface area contributed by atoms with Crippen molar-refractivity contribution in [2.24, 2.45) is 4.99 Å². The highest BCUT2D eigenvalue weighted by atomic mass is 16.7. The third-order valence-electron chi connectivity index (χ3n) is 5.19. The largest absolute Gasteiger partial charge is 0.493 e. The van der Waals surface area contributed by atoms with E-state index in [0.717, 1.165) is 5.75 Å². The van der Waals surface area contributed by atoms with E-state index in [9.17, 15) is 4.79 Å². The molecule has 8 heteroatoms. The Labute approximate surface area is 198 Å². The number of fused-ring (bicyclic) bond motifs is 1. The number of ether oxygens (including phenoxy) is 3. The minimum atomic E-state index is -0.492. The number of nitrogens with zero attached hydrogens (tertiary/aromatic N) is 2. The summed E-state index contributed by atoms with van der Waals surface area (Å²) in [4.78, 5) is 21.9. The molecule has 0 spiro atoms. The molecule has 2 aromatic rings. The highest BCUT2D eigenvalue weighted by Gasteiger charge is 2.34. The lowest BCUT2D eigenvalue weighted by molar-refractivity contribution is -0.114. The standard InChI is InChI=1S/C26H27N3O5/c1-16-10-17(2)12-20(11-16)32-8-5-9-33-22-7-6-19(15-23(22)31-4)14-21-25(27)29-24(28-26(21)30)13-18(3)34-29/h6-7,10-15,27H,5,8-9H2,1-4H3/b21-14+,27-25?. The molecular weight excluding hydrogens is 434 g/mol. The molecule has 0 fully saturated rings. The summed E-state index contributed by atoms with van der Waals surface area (Å²) in [7, 11) is 1.55. The number of rotatable bonds is 8. The SMILES string of the molecule is COc1cc(/C=C2\C(=N)N3OC(C)=CC3=NC2=O)ccc1OCCCOc1cc(C)cc(C)c1. The van der Waals surface area contributed by atoms with Crippen molar-refractivity contribution in [2.75, 3.05) is 20.3 Å². The summed E-state index contributed by atoms with van der Waals surface area (Å²) in [5.74, 6) is 2.30. The summed E-state index contributed by atoms with van der Waals surface area (Å²) in [6.07, 6.45) is 3.91. The van der Waals surface area contributed by atoms with Gasteiger partial charge in [0.1, 0.15) is 11.5 Å². The van der Waals surface area contributed by atoms with Crippen LogP contribution in [0.25, 0.3) is 6.08 Å². The van der Waals surface area contributed by atoms with Crippen LogP contribution in [0.1, 0.15) is 30.0 Å². The number of methoxy groups -OCH3 is 1. The maximum Gasteiger partial charge on any atom is 0.282 e. The second-order valence-electron chi connectivity index (χ2n) is 8.11. The predicted molar refractivity (Wildman–Crippen MR) is 129 cm³/mol. The van der Waals surface area contributed by atoms with Gasteiger partial charge < -0.3 is 19.0 Å². The number of amides is 1. The highest BCUT2D eigenvalue weighted by Crippen LogP contribution is 2.30. The molecular formula is C26H27N3O5. The molecule has 8 nitrogen and oxygen atoms in total. The lowest BCUT2D eigenvalue weighted by atomic mass is 10.1. The molecule has 1 N–H and O–H groups in total. The Kier molecular flexibility index (Phi) is 6.67. The van der Waals surface area contributed by atoms with Gasteiger partial charge in [0.2, 0.25) is 0 Å². The van der Waals surface area contributed by atoms with Crippen LogP contribution >= 0.6 is 0 Å². The van der Waals surface area contributed by atoms with Gasteiger partial charge in [-0.25, -0.2) is 0 Å². The average Bonchev–Trinajstić information content (AvgIpc) is 3.16. The number of amidine groups is 2. The molecule has 2 aliphatic heterocycles. The molecule has 2 heterocycles. The van der Waals surface area contributed by atoms with E-state index < -0.39 is 5.91 Å². The minimum Gasteiger partial charge on any atom is -0.493 e. The summed E-state index contributed by atoms with van der Waals surface area (Å²) in [6.45, 7) is 6.83. The number of hydrogen-bond donors (Lipinski definition) is 1. The lowest BCUT2D eigenvalue weighted by Crippen LogP contribution is -2.38. The molecule has 0 atom stereocenters. The van der Waals surface area contributed by atoms with E-state index in [1.807, 2.05) is 26.0 Å². The number of aliphatic imine (C=N–C) groups is 1. The zero-order chi connectivity index (χ0) is 24.2. The number of hydroxylamine groups is 2. The molecule has 176 valence electrons. The summed E-state index contributed by atoms with van der Waals surface area (Å²) in [6, 6.07) is 11.5. The normalized spacial score (nSPS) is 16.1. The van der Waals surface area contributed by atoms with Gasteiger partial charge in [-0.2, -0.15) is 4.99 Å². The van der Waals surface area contributed by atoms with Gasteiger partial charge in [0.05, 0.1) is 25.9 Å². The average molecular weight is 462 g/mol. The van der Waals surface area contributed by atoms with Crippen molar-refractivity contribution in [3.05, 3.63) is 70.5 Å². The molecule has 34 heavy (non-hydrogen) atoms. The van der Waals surface area contributed by atoms with Crippen LogP contribution in [0.4, 0.5) is 0 Å². The number of hydrogen-bond acceptors (Lipinski definition) is 6. The van der Waals surface area contributed by atoms with Crippen LogP contribution < -0.4 is 14.2 Å². The van der Waals surface area contributed by atoms with Gasteiger partial charge in [-0.1, -0.05) is 12.1 Å². The topological polar surface area (TPSA) is 93.4 Å². The fourth-order valence-electron chi connectivity index (χ4n) is 3.71. The zero-order valence-electron chi connectivity index (χ0n) is 19.7. The van der Waals surface area contributed by atoms with Gasteiger partial charge in [-0.3, -0.25) is 10.2 Å². The molecule has 4 rings (SSSR count). The van der Waals surface area contributed by atoms with Gasteiger partial charge in [0.15, 0.2) is 23.2 Å². The van der Waals surface area contributed by atoms with Crippen molar-refractivity contribution in [2.45, 2.75) is 27.2 Å². The third-order valence-corrected chi connectivity index (χ3v) is 5.19. The van der Waals surface area contributed by atoms with E-state index in [-0.39, 0.29) is 11.4 Å². The van der Waals surface area contributed by atoms with Crippen molar-refractivity contribution in [3.8, 4) is 17.2 Å². The van der Waals surface area contributed by atoms with Crippen LogP contribution in [0.15, 0.2) is 58.8 Å². The molecule has 0 aliphatic carbocycles. The smallest absolute Gasteiger partial charge is 0.282 e. The molecule has 0 saturated carbocycles. The van der Waals surface area contributed by atoms with E-state index in [2.05, 4.69) is 11.1 Å². The molecule has 1 amide bonds. The first kappa shape index (κ1) is 23.1. The van der Waals surface area contributed by atoms with Crippen LogP contribution in [-0.4, -0.2) is 43.0 Å². The Morgan fingerprint density at radius 3 is 2.50 bits per heavy atom. The molecule has 0 unspecified atom stereocenters. The Bertz CT molecular complexity index is 1210. The van der Waals surface area contributed by atoms with E-state index in [4.69, 9.17) is 24.5 Å². The summed E-state index contributed by atoms with van der Waals surface area (Å²) in [5, 5.41) is 9.56. The van der Waals surface area contributed by atoms with E-state index in [1.165, 1.54) is 16.2 Å². The highest BCUT2D eigenvalue weighted by molar-refractivity contribution is 6.32. The summed E-state index contributed by atoms with van der Waals surface area (Å²) < 4.78 is 17.2. The van der Waals surface area contributed by atoms with Crippen LogP contribution in [0.2, 0.25) is 0 Å². The number of allylic oxidation sites excluding steroid dienone is 1. The molecule has 0 radical (unpaired) electrons. The van der Waals surface area contributed by atoms with E-state index in [0.29, 0.717) is 48.3 Å². The molecule has 0 bridgehead atoms. The number of carbonyl (C=O) groups is 1. The Morgan fingerprint density at radius 2 is 1.76 bits per heavy atom.